The highest BCUT2D eigenvalue weighted by Gasteiger charge is 2.41. The van der Waals surface area contributed by atoms with E-state index in [1.807, 2.05) is 0 Å². The molecule has 1 saturated heterocycles. The molecule has 0 aromatic carbocycles. The van der Waals surface area contributed by atoms with Crippen LogP contribution in [0.1, 0.15) is 79.6 Å². The molecule has 4 heterocycles. The third-order valence-electron chi connectivity index (χ3n) is 6.04. The van der Waals surface area contributed by atoms with Crippen molar-refractivity contribution in [2.45, 2.75) is 85.0 Å². The minimum Gasteiger partial charge on any atom is -0.288 e. The van der Waals surface area contributed by atoms with Crippen LogP contribution < -0.4 is 0 Å². The maximum atomic E-state index is 4.89. The third-order valence-corrected chi connectivity index (χ3v) is 6.04. The first-order valence-electron chi connectivity index (χ1n) is 9.63. The zero-order chi connectivity index (χ0) is 17.7. The van der Waals surface area contributed by atoms with Gasteiger partial charge < -0.3 is 0 Å². The van der Waals surface area contributed by atoms with Crippen molar-refractivity contribution in [2.75, 3.05) is 0 Å². The fourth-order valence-corrected chi connectivity index (χ4v) is 4.57. The molecule has 2 unspecified atom stereocenters. The summed E-state index contributed by atoms with van der Waals surface area (Å²) < 4.78 is 2.13. The summed E-state index contributed by atoms with van der Waals surface area (Å²) in [6.07, 6.45) is 5.65. The van der Waals surface area contributed by atoms with Gasteiger partial charge in [-0.1, -0.05) is 13.8 Å². The minimum atomic E-state index is 0.395. The number of nitrogens with zero attached hydrogens (tertiary/aromatic N) is 5. The molecule has 25 heavy (non-hydrogen) atoms. The third kappa shape index (κ3) is 2.69. The molecule has 0 spiro atoms. The molecule has 5 heteroatoms. The average molecular weight is 339 g/mol. The molecule has 2 bridgehead atoms. The topological polar surface area (TPSA) is 46.8 Å². The summed E-state index contributed by atoms with van der Waals surface area (Å²) in [5.74, 6) is 1.38. The van der Waals surface area contributed by atoms with Crippen LogP contribution in [0, 0.1) is 13.8 Å². The summed E-state index contributed by atoms with van der Waals surface area (Å²) in [5.41, 5.74) is 6.55. The van der Waals surface area contributed by atoms with Gasteiger partial charge in [0.25, 0.3) is 0 Å². The van der Waals surface area contributed by atoms with E-state index in [1.54, 1.807) is 0 Å². The molecule has 0 N–H and O–H groups in total. The van der Waals surface area contributed by atoms with E-state index in [4.69, 9.17) is 10.1 Å². The van der Waals surface area contributed by atoms with E-state index in [1.165, 1.54) is 41.1 Å². The van der Waals surface area contributed by atoms with Crippen molar-refractivity contribution in [2.24, 2.45) is 0 Å². The van der Waals surface area contributed by atoms with E-state index in [0.717, 1.165) is 25.3 Å². The first-order chi connectivity index (χ1) is 12.0. The van der Waals surface area contributed by atoms with Gasteiger partial charge in [-0.2, -0.15) is 5.10 Å². The maximum absolute atomic E-state index is 4.89. The van der Waals surface area contributed by atoms with Crippen LogP contribution in [0.15, 0.2) is 6.20 Å². The summed E-state index contributed by atoms with van der Waals surface area (Å²) >= 11 is 0. The Morgan fingerprint density at radius 3 is 2.72 bits per heavy atom. The summed E-state index contributed by atoms with van der Waals surface area (Å²) in [6, 6.07) is 1.08. The lowest BCUT2D eigenvalue weighted by molar-refractivity contribution is 0.165. The highest BCUT2D eigenvalue weighted by atomic mass is 15.3. The van der Waals surface area contributed by atoms with Crippen molar-refractivity contribution >= 4 is 0 Å². The smallest absolute Gasteiger partial charge is 0.131 e. The molecule has 2 atom stereocenters. The second kappa shape index (κ2) is 6.20. The Balaban J connectivity index is 1.65. The fourth-order valence-electron chi connectivity index (χ4n) is 4.57. The van der Waals surface area contributed by atoms with Crippen LogP contribution >= 0.6 is 0 Å². The summed E-state index contributed by atoms with van der Waals surface area (Å²) in [5, 5.41) is 4.71. The molecule has 0 amide bonds. The number of aromatic nitrogens is 4. The second-order valence-electron chi connectivity index (χ2n) is 7.87. The number of hydrogen-bond donors (Lipinski definition) is 0. The van der Waals surface area contributed by atoms with Gasteiger partial charge in [-0.3, -0.25) is 9.58 Å². The zero-order valence-electron chi connectivity index (χ0n) is 16.1. The molecule has 2 aliphatic heterocycles. The summed E-state index contributed by atoms with van der Waals surface area (Å²) in [4.78, 5) is 12.2. The highest BCUT2D eigenvalue weighted by Crippen LogP contribution is 2.44. The first kappa shape index (κ1) is 16.7. The zero-order valence-corrected chi connectivity index (χ0v) is 16.1. The Labute approximate surface area is 150 Å². The monoisotopic (exact) mass is 339 g/mol. The lowest BCUT2D eigenvalue weighted by Crippen LogP contribution is -2.38. The molecular weight excluding hydrogens is 310 g/mol. The Kier molecular flexibility index (Phi) is 4.14. The molecule has 2 aliphatic rings. The van der Waals surface area contributed by atoms with Crippen molar-refractivity contribution in [1.29, 1.82) is 0 Å². The largest absolute Gasteiger partial charge is 0.288 e. The van der Waals surface area contributed by atoms with Crippen molar-refractivity contribution in [3.63, 3.8) is 0 Å². The molecule has 1 fully saturated rings. The molecule has 0 aliphatic carbocycles. The number of aryl methyl sites for hydroxylation is 2. The average Bonchev–Trinajstić information content (AvgIpc) is 3.03. The van der Waals surface area contributed by atoms with Crippen molar-refractivity contribution in [1.82, 2.24) is 24.6 Å². The van der Waals surface area contributed by atoms with Gasteiger partial charge in [-0.25, -0.2) is 9.97 Å². The summed E-state index contributed by atoms with van der Waals surface area (Å²) in [6.45, 7) is 12.8. The van der Waals surface area contributed by atoms with Gasteiger partial charge in [0.2, 0.25) is 0 Å². The molecule has 4 rings (SSSR count). The van der Waals surface area contributed by atoms with E-state index in [-0.39, 0.29) is 0 Å². The second-order valence-corrected chi connectivity index (χ2v) is 7.87. The van der Waals surface area contributed by atoms with E-state index in [2.05, 4.69) is 55.4 Å². The molecule has 2 aromatic rings. The molecule has 134 valence electrons. The molecule has 2 aromatic heterocycles. The predicted molar refractivity (Wildman–Crippen MR) is 98.5 cm³/mol. The number of hydrogen-bond acceptors (Lipinski definition) is 4. The van der Waals surface area contributed by atoms with Crippen LogP contribution in [0.5, 0.6) is 0 Å². The van der Waals surface area contributed by atoms with Gasteiger partial charge >= 0.3 is 0 Å². The standard InChI is InChI=1S/C20H29N5/c1-6-25-14(5)17(13(4)23-25)11-24-15-7-8-19(24)16-10-21-20(12(2)3)22-18(16)9-15/h10,12,15,19H,6-9,11H2,1-5H3. The Morgan fingerprint density at radius 1 is 1.24 bits per heavy atom. The minimum absolute atomic E-state index is 0.395. The number of fused-ring (bicyclic) bond motifs is 4. The maximum Gasteiger partial charge on any atom is 0.131 e. The van der Waals surface area contributed by atoms with Crippen molar-refractivity contribution in [3.8, 4) is 0 Å². The highest BCUT2D eigenvalue weighted by molar-refractivity contribution is 5.31. The van der Waals surface area contributed by atoms with Gasteiger partial charge in [-0.05, 0) is 33.6 Å². The Morgan fingerprint density at radius 2 is 2.04 bits per heavy atom. The normalized spacial score (nSPS) is 22.6. The lowest BCUT2D eigenvalue weighted by Gasteiger charge is -2.35. The number of rotatable bonds is 4. The van der Waals surface area contributed by atoms with E-state index in [0.29, 0.717) is 18.0 Å². The Bertz CT molecular complexity index is 792. The van der Waals surface area contributed by atoms with Crippen molar-refractivity contribution in [3.05, 3.63) is 40.2 Å². The summed E-state index contributed by atoms with van der Waals surface area (Å²) in [7, 11) is 0. The van der Waals surface area contributed by atoms with Crippen LogP contribution in [-0.4, -0.2) is 30.7 Å². The van der Waals surface area contributed by atoms with Crippen LogP contribution in [0.2, 0.25) is 0 Å². The quantitative estimate of drug-likeness (QED) is 0.852. The van der Waals surface area contributed by atoms with Gasteiger partial charge in [0.1, 0.15) is 5.82 Å². The molecule has 0 radical (unpaired) electrons. The molecular formula is C20H29N5. The van der Waals surface area contributed by atoms with Gasteiger partial charge in [0.15, 0.2) is 0 Å². The van der Waals surface area contributed by atoms with Crippen LogP contribution in [0.3, 0.4) is 0 Å². The van der Waals surface area contributed by atoms with Crippen LogP contribution in [0.25, 0.3) is 0 Å². The predicted octanol–water partition coefficient (Wildman–Crippen LogP) is 3.70. The SMILES string of the molecule is CCn1nc(C)c(CN2C3CCC2c2cnc(C(C)C)nc2C3)c1C. The van der Waals surface area contributed by atoms with Crippen LogP contribution in [0.4, 0.5) is 0 Å². The van der Waals surface area contributed by atoms with E-state index < -0.39 is 0 Å². The lowest BCUT2D eigenvalue weighted by atomic mass is 9.97. The fraction of sp³-hybridized carbons (Fsp3) is 0.650. The van der Waals surface area contributed by atoms with Crippen molar-refractivity contribution < 1.29 is 0 Å². The molecule has 5 nitrogen and oxygen atoms in total. The Hall–Kier alpha value is -1.75. The van der Waals surface area contributed by atoms with E-state index in [9.17, 15) is 0 Å². The van der Waals surface area contributed by atoms with Gasteiger partial charge in [-0.15, -0.1) is 0 Å². The van der Waals surface area contributed by atoms with Gasteiger partial charge in [0.05, 0.1) is 11.4 Å². The van der Waals surface area contributed by atoms with Gasteiger partial charge in [0, 0.05) is 60.5 Å². The van der Waals surface area contributed by atoms with Crippen LogP contribution in [-0.2, 0) is 19.5 Å². The van der Waals surface area contributed by atoms with E-state index >= 15 is 0 Å². The first-order valence-corrected chi connectivity index (χ1v) is 9.63. The molecule has 0 saturated carbocycles.